The van der Waals surface area contributed by atoms with Gasteiger partial charge >= 0.3 is 0 Å². The summed E-state index contributed by atoms with van der Waals surface area (Å²) in [4.78, 5) is 18.9. The predicted molar refractivity (Wildman–Crippen MR) is 132 cm³/mol. The van der Waals surface area contributed by atoms with E-state index in [1.165, 1.54) is 42.1 Å². The average molecular weight is 491 g/mol. The van der Waals surface area contributed by atoms with Crippen LogP contribution in [0.25, 0.3) is 10.9 Å². The molecule has 0 saturated carbocycles. The van der Waals surface area contributed by atoms with Crippen LogP contribution >= 0.6 is 23.4 Å². The number of halogens is 1. The smallest absolute Gasteiger partial charge is 0.282 e. The van der Waals surface area contributed by atoms with Crippen molar-refractivity contribution in [2.75, 3.05) is 0 Å². The second-order valence-electron chi connectivity index (χ2n) is 7.22. The van der Waals surface area contributed by atoms with Gasteiger partial charge in [0.1, 0.15) is 0 Å². The van der Waals surface area contributed by atoms with Crippen molar-refractivity contribution in [1.82, 2.24) is 4.98 Å². The number of aromatic nitrogens is 1. The molecule has 0 radical (unpaired) electrons. The lowest BCUT2D eigenvalue weighted by molar-refractivity contribution is 0.104. The molecule has 0 saturated heterocycles. The van der Waals surface area contributed by atoms with Crippen molar-refractivity contribution in [1.29, 1.82) is 0 Å². The topological polar surface area (TPSA) is 76.5 Å². The van der Waals surface area contributed by atoms with Crippen molar-refractivity contribution in [3.05, 3.63) is 112 Å². The van der Waals surface area contributed by atoms with E-state index in [1.54, 1.807) is 30.5 Å². The quantitative estimate of drug-likeness (QED) is 0.354. The minimum absolute atomic E-state index is 0.0228. The number of benzene rings is 3. The highest BCUT2D eigenvalue weighted by Gasteiger charge is 2.27. The van der Waals surface area contributed by atoms with Crippen LogP contribution in [0.1, 0.15) is 15.9 Å². The minimum Gasteiger partial charge on any atom is -0.288 e. The number of pyridine rings is 1. The van der Waals surface area contributed by atoms with Gasteiger partial charge in [-0.3, -0.25) is 9.78 Å². The van der Waals surface area contributed by atoms with Crippen LogP contribution in [-0.2, 0) is 10.0 Å². The fourth-order valence-corrected chi connectivity index (χ4v) is 5.67. The summed E-state index contributed by atoms with van der Waals surface area (Å²) in [7, 11) is -4.02. The number of carbonyl (C=O) groups is 1. The molecule has 4 aromatic rings. The molecule has 1 aliphatic carbocycles. The van der Waals surface area contributed by atoms with Gasteiger partial charge in [0.05, 0.1) is 21.0 Å². The Morgan fingerprint density at radius 3 is 2.36 bits per heavy atom. The lowest BCUT2D eigenvalue weighted by Crippen LogP contribution is -2.17. The number of sulfonamides is 1. The Morgan fingerprint density at radius 1 is 0.848 bits per heavy atom. The predicted octanol–water partition coefficient (Wildman–Crippen LogP) is 5.94. The molecule has 0 N–H and O–H groups in total. The molecule has 5 nitrogen and oxygen atoms in total. The number of carbonyl (C=O) groups excluding carboxylic acids is 1. The van der Waals surface area contributed by atoms with E-state index in [4.69, 9.17) is 11.6 Å². The molecule has 0 amide bonds. The molecule has 1 aliphatic rings. The number of hydrogen-bond donors (Lipinski definition) is 0. The van der Waals surface area contributed by atoms with E-state index in [0.717, 1.165) is 15.8 Å². The van der Waals surface area contributed by atoms with E-state index in [2.05, 4.69) is 9.38 Å². The maximum atomic E-state index is 13.2. The summed E-state index contributed by atoms with van der Waals surface area (Å²) in [5.41, 5.74) is 1.85. The number of thioether (sulfide) groups is 1. The third-order valence-corrected chi connectivity index (χ3v) is 7.71. The number of rotatable bonds is 4. The number of allylic oxidation sites excluding steroid dienone is 2. The van der Waals surface area contributed by atoms with Gasteiger partial charge in [0.2, 0.25) is 0 Å². The number of fused-ring (bicyclic) bond motifs is 2. The van der Waals surface area contributed by atoms with Crippen LogP contribution in [0.3, 0.4) is 0 Å². The number of ketones is 1. The Kier molecular flexibility index (Phi) is 5.62. The van der Waals surface area contributed by atoms with E-state index in [1.807, 2.05) is 30.3 Å². The Hall–Kier alpha value is -3.26. The lowest BCUT2D eigenvalue weighted by atomic mass is 9.94. The van der Waals surface area contributed by atoms with Crippen molar-refractivity contribution in [2.24, 2.45) is 4.40 Å². The number of Topliss-reactive ketones (excluding diaryl/α,β-unsaturated/α-hetero) is 1. The Bertz CT molecular complexity index is 1570. The van der Waals surface area contributed by atoms with E-state index < -0.39 is 10.0 Å². The maximum absolute atomic E-state index is 13.2. The second-order valence-corrected chi connectivity index (χ2v) is 10.3. The van der Waals surface area contributed by atoms with Gasteiger partial charge in [-0.05, 0) is 42.5 Å². The fourth-order valence-electron chi connectivity index (χ4n) is 3.52. The first kappa shape index (κ1) is 21.6. The number of para-hydroxylation sites is 1. The zero-order valence-corrected chi connectivity index (χ0v) is 19.4. The summed E-state index contributed by atoms with van der Waals surface area (Å²) >= 11 is 7.14. The van der Waals surface area contributed by atoms with E-state index in [9.17, 15) is 13.2 Å². The van der Waals surface area contributed by atoms with Crippen LogP contribution in [0.2, 0.25) is 5.02 Å². The van der Waals surface area contributed by atoms with Gasteiger partial charge in [0, 0.05) is 32.6 Å². The van der Waals surface area contributed by atoms with Crippen molar-refractivity contribution >= 4 is 55.8 Å². The van der Waals surface area contributed by atoms with Gasteiger partial charge in [-0.15, -0.1) is 0 Å². The highest BCUT2D eigenvalue weighted by Crippen LogP contribution is 2.37. The van der Waals surface area contributed by atoms with Crippen LogP contribution in [0, 0.1) is 0 Å². The molecule has 0 spiro atoms. The molecular formula is C25H15ClN2O3S2. The normalized spacial score (nSPS) is 14.9. The van der Waals surface area contributed by atoms with Gasteiger partial charge < -0.3 is 0 Å². The molecule has 0 aliphatic heterocycles. The van der Waals surface area contributed by atoms with Gasteiger partial charge in [0.15, 0.2) is 5.78 Å². The molecule has 1 aromatic heterocycles. The maximum Gasteiger partial charge on any atom is 0.282 e. The molecule has 162 valence electrons. The van der Waals surface area contributed by atoms with E-state index in [-0.39, 0.29) is 16.4 Å². The number of nitrogens with zero attached hydrogens (tertiary/aromatic N) is 2. The zero-order valence-electron chi connectivity index (χ0n) is 17.0. The van der Waals surface area contributed by atoms with Crippen molar-refractivity contribution < 1.29 is 13.2 Å². The first-order chi connectivity index (χ1) is 15.9. The number of hydrogen-bond acceptors (Lipinski definition) is 5. The first-order valence-electron chi connectivity index (χ1n) is 9.90. The lowest BCUT2D eigenvalue weighted by Gasteiger charge is -2.17. The van der Waals surface area contributed by atoms with Gasteiger partial charge in [-0.2, -0.15) is 12.8 Å². The van der Waals surface area contributed by atoms with E-state index in [0.29, 0.717) is 21.1 Å². The van der Waals surface area contributed by atoms with Crippen LogP contribution in [-0.4, -0.2) is 24.9 Å². The van der Waals surface area contributed by atoms with Gasteiger partial charge in [-0.25, -0.2) is 0 Å². The van der Waals surface area contributed by atoms with Gasteiger partial charge in [0.25, 0.3) is 10.0 Å². The monoisotopic (exact) mass is 490 g/mol. The standard InChI is InChI=1S/C25H15ClN2O3S2/c26-17-10-12-18(13-11-17)33(30,31)28-21-15-23(25(29)20-8-2-1-7-19(20)21)32-22-9-3-5-16-6-4-14-27-24(16)22/h1-15H. The molecule has 1 heterocycles. The van der Waals surface area contributed by atoms with Crippen LogP contribution in [0.4, 0.5) is 0 Å². The molecule has 0 atom stereocenters. The van der Waals surface area contributed by atoms with Crippen molar-refractivity contribution in [3.8, 4) is 0 Å². The summed E-state index contributed by atoms with van der Waals surface area (Å²) < 4.78 is 30.0. The van der Waals surface area contributed by atoms with Crippen LogP contribution < -0.4 is 0 Å². The van der Waals surface area contributed by atoms with Crippen LogP contribution in [0.15, 0.2) is 110 Å². The molecule has 0 fully saturated rings. The van der Waals surface area contributed by atoms with Crippen molar-refractivity contribution in [3.63, 3.8) is 0 Å². The van der Waals surface area contributed by atoms with Crippen molar-refractivity contribution in [2.45, 2.75) is 9.79 Å². The second kappa shape index (κ2) is 8.59. The van der Waals surface area contributed by atoms with E-state index >= 15 is 0 Å². The average Bonchev–Trinajstić information content (AvgIpc) is 2.82. The summed E-state index contributed by atoms with van der Waals surface area (Å²) in [5, 5.41) is 1.38. The Morgan fingerprint density at radius 2 is 1.58 bits per heavy atom. The largest absolute Gasteiger partial charge is 0.288 e. The third-order valence-electron chi connectivity index (χ3n) is 5.08. The Labute approximate surface area is 199 Å². The zero-order chi connectivity index (χ0) is 23.0. The summed E-state index contributed by atoms with van der Waals surface area (Å²) in [6, 6.07) is 22.2. The fraction of sp³-hybridized carbons (Fsp3) is 0. The van der Waals surface area contributed by atoms with Gasteiger partial charge in [-0.1, -0.05) is 65.8 Å². The molecule has 8 heteroatoms. The highest BCUT2D eigenvalue weighted by atomic mass is 35.5. The molecule has 3 aromatic carbocycles. The SMILES string of the molecule is O=C1C(Sc2cccc3cccnc23)=CC(=NS(=O)(=O)c2ccc(Cl)cc2)c2ccccc21. The molecular weight excluding hydrogens is 476 g/mol. The Balaban J connectivity index is 1.63. The minimum atomic E-state index is -4.02. The molecule has 5 rings (SSSR count). The summed E-state index contributed by atoms with van der Waals surface area (Å²) in [5.74, 6) is -0.189. The van der Waals surface area contributed by atoms with Crippen LogP contribution in [0.5, 0.6) is 0 Å². The molecule has 33 heavy (non-hydrogen) atoms. The first-order valence-corrected chi connectivity index (χ1v) is 12.5. The molecule has 0 unspecified atom stereocenters. The summed E-state index contributed by atoms with van der Waals surface area (Å²) in [6.07, 6.45) is 3.23. The third kappa shape index (κ3) is 4.23. The molecule has 0 bridgehead atoms. The highest BCUT2D eigenvalue weighted by molar-refractivity contribution is 8.04. The summed E-state index contributed by atoms with van der Waals surface area (Å²) in [6.45, 7) is 0.